The molecule has 0 saturated carbocycles. The zero-order valence-corrected chi connectivity index (χ0v) is 5.50. The highest BCUT2D eigenvalue weighted by Gasteiger charge is 1.96. The zero-order chi connectivity index (χ0) is 6.97. The van der Waals surface area contributed by atoms with E-state index < -0.39 is 0 Å². The third-order valence-electron chi connectivity index (χ3n) is 1.28. The standard InChI is InChI=1S/C6H6N4.H2/c1-4-9-5-2-7-3-8-6(5)10-4;/h2-3H,1H3,(H,7,8,9,10);1H. The minimum Gasteiger partial charge on any atom is -0.340 e. The van der Waals surface area contributed by atoms with E-state index in [2.05, 4.69) is 19.9 Å². The van der Waals surface area contributed by atoms with E-state index in [1.807, 2.05) is 6.92 Å². The van der Waals surface area contributed by atoms with Gasteiger partial charge in [0.15, 0.2) is 5.65 Å². The molecule has 4 nitrogen and oxygen atoms in total. The van der Waals surface area contributed by atoms with Crippen molar-refractivity contribution in [2.24, 2.45) is 0 Å². The minimum absolute atomic E-state index is 0. The molecule has 0 fully saturated rings. The van der Waals surface area contributed by atoms with Crippen molar-refractivity contribution in [3.05, 3.63) is 18.3 Å². The number of rotatable bonds is 0. The first-order valence-corrected chi connectivity index (χ1v) is 2.98. The molecule has 4 heteroatoms. The monoisotopic (exact) mass is 136 g/mol. The van der Waals surface area contributed by atoms with E-state index in [9.17, 15) is 0 Å². The van der Waals surface area contributed by atoms with Gasteiger partial charge in [-0.05, 0) is 6.92 Å². The highest BCUT2D eigenvalue weighted by Crippen LogP contribution is 2.03. The summed E-state index contributed by atoms with van der Waals surface area (Å²) in [5.41, 5.74) is 1.62. The van der Waals surface area contributed by atoms with E-state index in [-0.39, 0.29) is 1.43 Å². The predicted octanol–water partition coefficient (Wildman–Crippen LogP) is 0.907. The average Bonchev–Trinajstić information content (AvgIpc) is 2.27. The quantitative estimate of drug-likeness (QED) is 0.585. The van der Waals surface area contributed by atoms with Gasteiger partial charge in [-0.3, -0.25) is 0 Å². The first kappa shape index (κ1) is 5.34. The van der Waals surface area contributed by atoms with Gasteiger partial charge >= 0.3 is 0 Å². The van der Waals surface area contributed by atoms with Crippen LogP contribution in [0, 0.1) is 6.92 Å². The zero-order valence-electron chi connectivity index (χ0n) is 5.50. The Kier molecular flexibility index (Phi) is 0.943. The van der Waals surface area contributed by atoms with Crippen LogP contribution in [0.5, 0.6) is 0 Å². The maximum atomic E-state index is 4.11. The molecular formula is C6H8N4. The number of fused-ring (bicyclic) bond motifs is 1. The molecule has 2 aromatic heterocycles. The summed E-state index contributed by atoms with van der Waals surface area (Å²) in [6.07, 6.45) is 3.20. The number of hydrogen-bond acceptors (Lipinski definition) is 3. The molecule has 0 spiro atoms. The van der Waals surface area contributed by atoms with Crippen molar-refractivity contribution in [3.63, 3.8) is 0 Å². The number of aromatic amines is 1. The number of hydrogen-bond donors (Lipinski definition) is 1. The van der Waals surface area contributed by atoms with Crippen molar-refractivity contribution in [1.82, 2.24) is 19.9 Å². The van der Waals surface area contributed by atoms with Crippen LogP contribution in [0.1, 0.15) is 7.25 Å². The molecule has 0 radical (unpaired) electrons. The molecule has 0 aromatic carbocycles. The van der Waals surface area contributed by atoms with Crippen LogP contribution in [0.3, 0.4) is 0 Å². The number of imidazole rings is 1. The van der Waals surface area contributed by atoms with Crippen molar-refractivity contribution < 1.29 is 1.43 Å². The number of aryl methyl sites for hydroxylation is 1. The molecule has 1 N–H and O–H groups in total. The fraction of sp³-hybridized carbons (Fsp3) is 0.167. The molecule has 0 amide bonds. The summed E-state index contributed by atoms with van der Waals surface area (Å²) in [4.78, 5) is 14.9. The molecular weight excluding hydrogens is 128 g/mol. The normalized spacial score (nSPS) is 10.5. The van der Waals surface area contributed by atoms with Crippen molar-refractivity contribution in [3.8, 4) is 0 Å². The number of nitrogens with zero attached hydrogens (tertiary/aromatic N) is 3. The van der Waals surface area contributed by atoms with E-state index in [1.165, 1.54) is 6.33 Å². The molecule has 0 bridgehead atoms. The summed E-state index contributed by atoms with van der Waals surface area (Å²) < 4.78 is 0. The molecule has 0 unspecified atom stereocenters. The second kappa shape index (κ2) is 1.76. The second-order valence-electron chi connectivity index (χ2n) is 2.08. The molecule has 0 saturated heterocycles. The first-order valence-electron chi connectivity index (χ1n) is 2.98. The summed E-state index contributed by atoms with van der Waals surface area (Å²) in [5.74, 6) is 0.871. The molecule has 0 aliphatic heterocycles. The van der Waals surface area contributed by atoms with E-state index in [0.717, 1.165) is 17.0 Å². The van der Waals surface area contributed by atoms with Crippen LogP contribution in [0.15, 0.2) is 12.5 Å². The summed E-state index contributed by atoms with van der Waals surface area (Å²) in [6, 6.07) is 0. The lowest BCUT2D eigenvalue weighted by molar-refractivity contribution is 1.16. The van der Waals surface area contributed by atoms with Crippen LogP contribution in [0.25, 0.3) is 11.2 Å². The van der Waals surface area contributed by atoms with E-state index >= 15 is 0 Å². The van der Waals surface area contributed by atoms with Crippen LogP contribution in [-0.4, -0.2) is 19.9 Å². The fourth-order valence-corrected chi connectivity index (χ4v) is 0.882. The van der Waals surface area contributed by atoms with E-state index in [0.29, 0.717) is 0 Å². The van der Waals surface area contributed by atoms with Crippen molar-refractivity contribution in [2.75, 3.05) is 0 Å². The average molecular weight is 136 g/mol. The second-order valence-corrected chi connectivity index (χ2v) is 2.08. The van der Waals surface area contributed by atoms with Crippen LogP contribution >= 0.6 is 0 Å². The van der Waals surface area contributed by atoms with Crippen LogP contribution in [-0.2, 0) is 0 Å². The largest absolute Gasteiger partial charge is 0.340 e. The molecule has 10 heavy (non-hydrogen) atoms. The third-order valence-corrected chi connectivity index (χ3v) is 1.28. The lowest BCUT2D eigenvalue weighted by Crippen LogP contribution is -1.76. The van der Waals surface area contributed by atoms with Gasteiger partial charge in [0.05, 0.1) is 6.20 Å². The molecule has 0 aliphatic carbocycles. The SMILES string of the molecule is Cc1nc2ncncc2[nH]1.[HH]. The maximum Gasteiger partial charge on any atom is 0.180 e. The lowest BCUT2D eigenvalue weighted by atomic mass is 10.6. The Bertz CT molecular complexity index is 323. The Morgan fingerprint density at radius 1 is 1.60 bits per heavy atom. The van der Waals surface area contributed by atoms with Gasteiger partial charge in [0.1, 0.15) is 17.7 Å². The predicted molar refractivity (Wildman–Crippen MR) is 38.5 cm³/mol. The molecule has 2 aromatic rings. The Morgan fingerprint density at radius 2 is 2.50 bits per heavy atom. The first-order chi connectivity index (χ1) is 4.86. The highest BCUT2D eigenvalue weighted by atomic mass is 15.0. The number of nitrogens with one attached hydrogen (secondary N) is 1. The smallest absolute Gasteiger partial charge is 0.180 e. The summed E-state index contributed by atoms with van der Waals surface area (Å²) in [6.45, 7) is 1.89. The highest BCUT2D eigenvalue weighted by molar-refractivity contribution is 5.68. The number of H-pyrrole nitrogens is 1. The van der Waals surface area contributed by atoms with Gasteiger partial charge in [-0.25, -0.2) is 15.0 Å². The summed E-state index contributed by atoms with van der Waals surface area (Å²) in [7, 11) is 0. The Hall–Kier alpha value is -1.45. The van der Waals surface area contributed by atoms with Crippen LogP contribution in [0.4, 0.5) is 0 Å². The molecule has 0 aliphatic rings. The molecule has 0 atom stereocenters. The van der Waals surface area contributed by atoms with Gasteiger partial charge in [0.25, 0.3) is 0 Å². The third kappa shape index (κ3) is 0.655. The van der Waals surface area contributed by atoms with Crippen LogP contribution < -0.4 is 0 Å². The Morgan fingerprint density at radius 3 is 3.30 bits per heavy atom. The topological polar surface area (TPSA) is 54.5 Å². The molecule has 2 heterocycles. The van der Waals surface area contributed by atoms with Gasteiger partial charge in [0.2, 0.25) is 0 Å². The minimum atomic E-state index is 0. The van der Waals surface area contributed by atoms with Gasteiger partial charge in [-0.1, -0.05) is 0 Å². The van der Waals surface area contributed by atoms with Gasteiger partial charge in [-0.15, -0.1) is 0 Å². The lowest BCUT2D eigenvalue weighted by Gasteiger charge is -1.80. The van der Waals surface area contributed by atoms with Crippen molar-refractivity contribution in [1.29, 1.82) is 0 Å². The molecule has 52 valence electrons. The van der Waals surface area contributed by atoms with Gasteiger partial charge < -0.3 is 4.98 Å². The fourth-order valence-electron chi connectivity index (χ4n) is 0.882. The van der Waals surface area contributed by atoms with E-state index in [4.69, 9.17) is 0 Å². The van der Waals surface area contributed by atoms with E-state index in [1.54, 1.807) is 6.20 Å². The maximum absolute atomic E-state index is 4.11. The summed E-state index contributed by atoms with van der Waals surface area (Å²) in [5, 5.41) is 0. The van der Waals surface area contributed by atoms with Gasteiger partial charge in [-0.2, -0.15) is 0 Å². The number of aromatic nitrogens is 4. The Labute approximate surface area is 58.8 Å². The van der Waals surface area contributed by atoms with Crippen molar-refractivity contribution >= 4 is 11.2 Å². The Balaban J connectivity index is 0.000000605. The summed E-state index contributed by atoms with van der Waals surface area (Å²) >= 11 is 0. The van der Waals surface area contributed by atoms with Crippen LogP contribution in [0.2, 0.25) is 0 Å². The molecule has 2 rings (SSSR count). The van der Waals surface area contributed by atoms with Crippen molar-refractivity contribution in [2.45, 2.75) is 6.92 Å². The van der Waals surface area contributed by atoms with Gasteiger partial charge in [0, 0.05) is 1.43 Å².